The van der Waals surface area contributed by atoms with Crippen molar-refractivity contribution in [2.45, 2.75) is 19.3 Å². The lowest BCUT2D eigenvalue weighted by molar-refractivity contribution is -0.121. The molecule has 3 heterocycles. The van der Waals surface area contributed by atoms with E-state index in [-0.39, 0.29) is 11.8 Å². The van der Waals surface area contributed by atoms with E-state index in [0.29, 0.717) is 6.42 Å². The van der Waals surface area contributed by atoms with Crippen LogP contribution in [0.2, 0.25) is 0 Å². The highest BCUT2D eigenvalue weighted by molar-refractivity contribution is 5.99. The summed E-state index contributed by atoms with van der Waals surface area (Å²) in [6.07, 6.45) is 10.2. The first-order chi connectivity index (χ1) is 13.6. The van der Waals surface area contributed by atoms with Crippen LogP contribution in [0.25, 0.3) is 38.6 Å². The number of nitrogens with two attached hydrogens (primary N) is 1. The van der Waals surface area contributed by atoms with Crippen LogP contribution in [-0.4, -0.2) is 25.7 Å². The van der Waals surface area contributed by atoms with Crippen molar-refractivity contribution < 1.29 is 4.79 Å². The summed E-state index contributed by atoms with van der Waals surface area (Å²) in [7, 11) is 1.95. The quantitative estimate of drug-likeness (QED) is 0.574. The van der Waals surface area contributed by atoms with Crippen LogP contribution in [0.3, 0.4) is 0 Å². The molecule has 1 aliphatic carbocycles. The number of H-pyrrole nitrogens is 1. The van der Waals surface area contributed by atoms with Crippen LogP contribution < -0.4 is 5.73 Å². The molecule has 5 rings (SSSR count). The molecule has 0 saturated carbocycles. The Morgan fingerprint density at radius 3 is 2.96 bits per heavy atom. The van der Waals surface area contributed by atoms with Gasteiger partial charge in [-0.05, 0) is 54.2 Å². The van der Waals surface area contributed by atoms with Crippen molar-refractivity contribution in [3.63, 3.8) is 0 Å². The van der Waals surface area contributed by atoms with Crippen molar-refractivity contribution in [2.75, 3.05) is 0 Å². The first-order valence-electron chi connectivity index (χ1n) is 9.49. The van der Waals surface area contributed by atoms with Gasteiger partial charge in [0.05, 0.1) is 11.7 Å². The second-order valence-corrected chi connectivity index (χ2v) is 7.43. The highest BCUT2D eigenvalue weighted by atomic mass is 16.1. The molecule has 0 saturated heterocycles. The molecule has 0 aliphatic heterocycles. The van der Waals surface area contributed by atoms with E-state index in [9.17, 15) is 4.79 Å². The number of hydrogen-bond donors (Lipinski definition) is 2. The number of amides is 1. The van der Waals surface area contributed by atoms with Crippen molar-refractivity contribution in [3.8, 4) is 11.1 Å². The number of carbonyl (C=O) groups excluding carboxylic acids is 1. The Morgan fingerprint density at radius 1 is 1.29 bits per heavy atom. The van der Waals surface area contributed by atoms with Gasteiger partial charge in [0.15, 0.2) is 0 Å². The number of benzene rings is 1. The lowest BCUT2D eigenvalue weighted by Gasteiger charge is -2.22. The Hall–Kier alpha value is -3.41. The fourth-order valence-corrected chi connectivity index (χ4v) is 4.22. The molecule has 0 fully saturated rings. The van der Waals surface area contributed by atoms with E-state index >= 15 is 0 Å². The molecular weight excluding hydrogens is 350 g/mol. The molecule has 1 unspecified atom stereocenters. The number of aryl methyl sites for hydroxylation is 1. The van der Waals surface area contributed by atoms with E-state index < -0.39 is 0 Å². The van der Waals surface area contributed by atoms with Gasteiger partial charge in [-0.15, -0.1) is 0 Å². The predicted molar refractivity (Wildman–Crippen MR) is 110 cm³/mol. The van der Waals surface area contributed by atoms with Crippen LogP contribution in [0.1, 0.15) is 24.8 Å². The molecule has 0 radical (unpaired) electrons. The Morgan fingerprint density at radius 2 is 2.18 bits per heavy atom. The lowest BCUT2D eigenvalue weighted by atomic mass is 9.83. The third kappa shape index (κ3) is 2.60. The van der Waals surface area contributed by atoms with Crippen LogP contribution >= 0.6 is 0 Å². The number of aromatic amines is 1. The maximum absolute atomic E-state index is 11.6. The highest BCUT2D eigenvalue weighted by Gasteiger charge is 2.23. The topological polar surface area (TPSA) is 89.6 Å². The second kappa shape index (κ2) is 6.34. The fourth-order valence-electron chi connectivity index (χ4n) is 4.22. The van der Waals surface area contributed by atoms with Crippen molar-refractivity contribution in [2.24, 2.45) is 18.7 Å². The zero-order chi connectivity index (χ0) is 19.3. The van der Waals surface area contributed by atoms with E-state index in [1.807, 2.05) is 30.3 Å². The summed E-state index contributed by atoms with van der Waals surface area (Å²) in [5.74, 6) is -0.276. The molecular formula is C22H21N5O. The molecule has 3 aromatic heterocycles. The summed E-state index contributed by atoms with van der Waals surface area (Å²) in [5, 5.41) is 6.56. The van der Waals surface area contributed by atoms with Crippen LogP contribution in [0.5, 0.6) is 0 Å². The third-order valence-electron chi connectivity index (χ3n) is 5.78. The second-order valence-electron chi connectivity index (χ2n) is 7.43. The summed E-state index contributed by atoms with van der Waals surface area (Å²) in [4.78, 5) is 19.4. The summed E-state index contributed by atoms with van der Waals surface area (Å²) < 4.78 is 1.88. The number of hydrogen-bond acceptors (Lipinski definition) is 3. The van der Waals surface area contributed by atoms with E-state index in [2.05, 4.69) is 45.4 Å². The van der Waals surface area contributed by atoms with Gasteiger partial charge in [0.2, 0.25) is 5.91 Å². The Balaban J connectivity index is 1.69. The first kappa shape index (κ1) is 16.7. The van der Waals surface area contributed by atoms with E-state index in [0.717, 1.165) is 45.9 Å². The van der Waals surface area contributed by atoms with Gasteiger partial charge >= 0.3 is 0 Å². The van der Waals surface area contributed by atoms with Crippen molar-refractivity contribution in [1.82, 2.24) is 19.7 Å². The van der Waals surface area contributed by atoms with E-state index in [1.54, 1.807) is 0 Å². The largest absolute Gasteiger partial charge is 0.369 e. The number of fused-ring (bicyclic) bond motifs is 2. The molecule has 0 bridgehead atoms. The zero-order valence-corrected chi connectivity index (χ0v) is 15.6. The van der Waals surface area contributed by atoms with Crippen molar-refractivity contribution >= 4 is 33.4 Å². The van der Waals surface area contributed by atoms with Crippen LogP contribution in [-0.2, 0) is 11.8 Å². The fraction of sp³-hybridized carbons (Fsp3) is 0.227. The van der Waals surface area contributed by atoms with Crippen LogP contribution in [0.15, 0.2) is 48.9 Å². The minimum absolute atomic E-state index is 0.0671. The summed E-state index contributed by atoms with van der Waals surface area (Å²) in [6, 6.07) is 8.46. The molecule has 6 nitrogen and oxygen atoms in total. The number of carbonyl (C=O) groups is 1. The first-order valence-corrected chi connectivity index (χ1v) is 9.49. The molecule has 140 valence electrons. The Labute approximate surface area is 162 Å². The maximum atomic E-state index is 11.6. The SMILES string of the molecule is Cn1ncc2cc(-c3cnc4[nH]ccc4c3C3=CCC(C(N)=O)CC3)ccc21. The van der Waals surface area contributed by atoms with Gasteiger partial charge < -0.3 is 10.7 Å². The smallest absolute Gasteiger partial charge is 0.220 e. The lowest BCUT2D eigenvalue weighted by Crippen LogP contribution is -2.24. The molecule has 1 aromatic carbocycles. The number of aromatic nitrogens is 4. The van der Waals surface area contributed by atoms with Gasteiger partial charge in [0.25, 0.3) is 0 Å². The molecule has 28 heavy (non-hydrogen) atoms. The van der Waals surface area contributed by atoms with Gasteiger partial charge in [-0.2, -0.15) is 5.10 Å². The average Bonchev–Trinajstić information content (AvgIpc) is 3.33. The zero-order valence-electron chi connectivity index (χ0n) is 15.6. The number of allylic oxidation sites excluding steroid dienone is 2. The third-order valence-corrected chi connectivity index (χ3v) is 5.78. The standard InChI is InChI=1S/C22H21N5O/c1-27-19-7-6-15(10-16(19)11-26-27)18-12-25-22-17(8-9-24-22)20(18)13-2-4-14(5-3-13)21(23)28/h2,6-12,14H,3-5H2,1H3,(H2,23,28)(H,24,25). The van der Waals surface area contributed by atoms with Gasteiger partial charge in [-0.25, -0.2) is 4.98 Å². The summed E-state index contributed by atoms with van der Waals surface area (Å²) >= 11 is 0. The van der Waals surface area contributed by atoms with Crippen LogP contribution in [0, 0.1) is 5.92 Å². The van der Waals surface area contributed by atoms with Gasteiger partial charge in [0.1, 0.15) is 5.65 Å². The minimum Gasteiger partial charge on any atom is -0.369 e. The molecule has 0 spiro atoms. The predicted octanol–water partition coefficient (Wildman–Crippen LogP) is 3.79. The molecule has 4 aromatic rings. The summed E-state index contributed by atoms with van der Waals surface area (Å²) in [6.45, 7) is 0. The number of primary amides is 1. The molecule has 1 amide bonds. The Kier molecular flexibility index (Phi) is 3.79. The highest BCUT2D eigenvalue weighted by Crippen LogP contribution is 2.39. The van der Waals surface area contributed by atoms with Gasteiger partial charge in [0, 0.05) is 41.7 Å². The number of nitrogens with one attached hydrogen (secondary N) is 1. The molecule has 3 N–H and O–H groups in total. The Bertz CT molecular complexity index is 1250. The monoisotopic (exact) mass is 371 g/mol. The van der Waals surface area contributed by atoms with E-state index in [4.69, 9.17) is 5.73 Å². The average molecular weight is 371 g/mol. The van der Waals surface area contributed by atoms with E-state index in [1.165, 1.54) is 11.1 Å². The molecule has 6 heteroatoms. The molecule has 1 atom stereocenters. The summed E-state index contributed by atoms with van der Waals surface area (Å²) in [5.41, 5.74) is 12.1. The van der Waals surface area contributed by atoms with Crippen molar-refractivity contribution in [1.29, 1.82) is 0 Å². The van der Waals surface area contributed by atoms with Crippen LogP contribution in [0.4, 0.5) is 0 Å². The molecule has 1 aliphatic rings. The van der Waals surface area contributed by atoms with Gasteiger partial charge in [-0.1, -0.05) is 12.1 Å². The number of nitrogens with zero attached hydrogens (tertiary/aromatic N) is 3. The minimum atomic E-state index is -0.209. The van der Waals surface area contributed by atoms with Gasteiger partial charge in [-0.3, -0.25) is 9.48 Å². The number of rotatable bonds is 3. The van der Waals surface area contributed by atoms with Crippen molar-refractivity contribution in [3.05, 3.63) is 54.5 Å². The number of pyridine rings is 1. The normalized spacial score (nSPS) is 17.2. The maximum Gasteiger partial charge on any atom is 0.220 e.